The van der Waals surface area contributed by atoms with Gasteiger partial charge >= 0.3 is 0 Å². The molecule has 3 N–H and O–H groups in total. The quantitative estimate of drug-likeness (QED) is 0.816. The van der Waals surface area contributed by atoms with Crippen LogP contribution in [0.5, 0.6) is 0 Å². The van der Waals surface area contributed by atoms with Crippen LogP contribution in [0.3, 0.4) is 0 Å². The number of nitrogens with zero attached hydrogens (tertiary/aromatic N) is 1. The van der Waals surface area contributed by atoms with Crippen LogP contribution in [-0.2, 0) is 4.79 Å². The van der Waals surface area contributed by atoms with Gasteiger partial charge in [-0.05, 0) is 34.1 Å². The molecule has 6 heteroatoms. The molecule has 1 aliphatic heterocycles. The van der Waals surface area contributed by atoms with Crippen LogP contribution in [0.2, 0.25) is 0 Å². The number of hydrogen-bond donors (Lipinski definition) is 2. The molecule has 1 fully saturated rings. The highest BCUT2D eigenvalue weighted by Crippen LogP contribution is 2.26. The van der Waals surface area contributed by atoms with Crippen LogP contribution in [0.25, 0.3) is 0 Å². The van der Waals surface area contributed by atoms with E-state index in [1.54, 1.807) is 12.1 Å². The van der Waals surface area contributed by atoms with E-state index in [9.17, 15) is 4.79 Å². The fraction of sp³-hybridized carbons (Fsp3) is 0.500. The van der Waals surface area contributed by atoms with Gasteiger partial charge in [0.25, 0.3) is 0 Å². The van der Waals surface area contributed by atoms with Crippen LogP contribution in [0.1, 0.15) is 13.8 Å². The zero-order valence-corrected chi connectivity index (χ0v) is 14.1. The lowest BCUT2D eigenvalue weighted by molar-refractivity contribution is -0.117. The first-order chi connectivity index (χ1) is 9.44. The van der Waals surface area contributed by atoms with E-state index in [1.807, 2.05) is 17.8 Å². The van der Waals surface area contributed by atoms with Gasteiger partial charge in [-0.15, -0.1) is 0 Å². The lowest BCUT2D eigenvalue weighted by atomic mass is 10.2. The highest BCUT2D eigenvalue weighted by molar-refractivity contribution is 9.10. The average molecular weight is 358 g/mol. The predicted octanol–water partition coefficient (Wildman–Crippen LogP) is 2.80. The molecule has 20 heavy (non-hydrogen) atoms. The normalized spacial score (nSPS) is 23.6. The summed E-state index contributed by atoms with van der Waals surface area (Å²) in [5, 5.41) is 4.08. The topological polar surface area (TPSA) is 58.4 Å². The first kappa shape index (κ1) is 15.7. The maximum atomic E-state index is 12.1. The van der Waals surface area contributed by atoms with Crippen LogP contribution in [-0.4, -0.2) is 40.9 Å². The molecule has 1 saturated heterocycles. The van der Waals surface area contributed by atoms with Crippen molar-refractivity contribution in [1.82, 2.24) is 4.90 Å². The number of thioether (sulfide) groups is 1. The lowest BCUT2D eigenvalue weighted by Crippen LogP contribution is -2.44. The van der Waals surface area contributed by atoms with Gasteiger partial charge in [-0.25, -0.2) is 0 Å². The third-order valence-corrected chi connectivity index (χ3v) is 5.01. The van der Waals surface area contributed by atoms with Crippen molar-refractivity contribution in [3.05, 3.63) is 22.7 Å². The monoisotopic (exact) mass is 357 g/mol. The van der Waals surface area contributed by atoms with Gasteiger partial charge in [0.15, 0.2) is 0 Å². The third kappa shape index (κ3) is 4.40. The van der Waals surface area contributed by atoms with Crippen molar-refractivity contribution >= 4 is 45.0 Å². The Kier molecular flexibility index (Phi) is 5.35. The molecule has 2 rings (SSSR count). The standard InChI is InChI=1S/C14H20BrN3OS/c1-9-6-18(7-10(2)20-9)8-14(19)17-13-4-3-11(16)5-12(13)15/h3-5,9-10H,6-8,16H2,1-2H3,(H,17,19). The molecule has 0 bridgehead atoms. The maximum Gasteiger partial charge on any atom is 0.238 e. The minimum absolute atomic E-state index is 0.0155. The summed E-state index contributed by atoms with van der Waals surface area (Å²) in [6, 6.07) is 5.38. The molecule has 0 radical (unpaired) electrons. The van der Waals surface area contributed by atoms with E-state index in [0.29, 0.717) is 22.7 Å². The van der Waals surface area contributed by atoms with Crippen molar-refractivity contribution in [3.8, 4) is 0 Å². The Morgan fingerprint density at radius 2 is 2.10 bits per heavy atom. The summed E-state index contributed by atoms with van der Waals surface area (Å²) in [5.41, 5.74) is 7.12. The Hall–Kier alpha value is -0.720. The average Bonchev–Trinajstić information content (AvgIpc) is 2.31. The molecule has 1 amide bonds. The molecule has 0 saturated carbocycles. The number of benzene rings is 1. The number of carbonyl (C=O) groups excluding carboxylic acids is 1. The van der Waals surface area contributed by atoms with E-state index in [2.05, 4.69) is 40.0 Å². The molecular formula is C14H20BrN3OS. The summed E-state index contributed by atoms with van der Waals surface area (Å²) >= 11 is 5.39. The second-order valence-electron chi connectivity index (χ2n) is 5.24. The van der Waals surface area contributed by atoms with E-state index in [-0.39, 0.29) is 5.91 Å². The highest BCUT2D eigenvalue weighted by atomic mass is 79.9. The zero-order valence-electron chi connectivity index (χ0n) is 11.7. The fourth-order valence-corrected chi connectivity index (χ4v) is 4.32. The number of halogens is 1. The predicted molar refractivity (Wildman–Crippen MR) is 90.1 cm³/mol. The Balaban J connectivity index is 1.92. The molecule has 2 atom stereocenters. The Bertz CT molecular complexity index is 487. The molecule has 2 unspecified atom stereocenters. The van der Waals surface area contributed by atoms with Crippen molar-refractivity contribution in [1.29, 1.82) is 0 Å². The maximum absolute atomic E-state index is 12.1. The molecule has 110 valence electrons. The molecule has 1 aromatic carbocycles. The number of amides is 1. The van der Waals surface area contributed by atoms with Crippen LogP contribution in [0.15, 0.2) is 22.7 Å². The van der Waals surface area contributed by atoms with Gasteiger partial charge in [-0.2, -0.15) is 11.8 Å². The molecule has 1 aliphatic rings. The minimum Gasteiger partial charge on any atom is -0.399 e. The zero-order chi connectivity index (χ0) is 14.7. The van der Waals surface area contributed by atoms with Crippen LogP contribution < -0.4 is 11.1 Å². The van der Waals surface area contributed by atoms with Gasteiger partial charge in [0.1, 0.15) is 0 Å². The van der Waals surface area contributed by atoms with Gasteiger partial charge in [-0.1, -0.05) is 13.8 Å². The Labute approximate surface area is 132 Å². The minimum atomic E-state index is 0.0155. The Morgan fingerprint density at radius 3 is 2.70 bits per heavy atom. The number of anilines is 2. The lowest BCUT2D eigenvalue weighted by Gasteiger charge is -2.34. The Morgan fingerprint density at radius 1 is 1.45 bits per heavy atom. The molecule has 0 aliphatic carbocycles. The van der Waals surface area contributed by atoms with Crippen LogP contribution >= 0.6 is 27.7 Å². The second kappa shape index (κ2) is 6.83. The van der Waals surface area contributed by atoms with Crippen molar-refractivity contribution in [2.24, 2.45) is 0 Å². The largest absolute Gasteiger partial charge is 0.399 e. The fourth-order valence-electron chi connectivity index (χ4n) is 2.44. The van der Waals surface area contributed by atoms with Gasteiger partial charge in [0, 0.05) is 33.7 Å². The van der Waals surface area contributed by atoms with Gasteiger partial charge in [-0.3, -0.25) is 9.69 Å². The van der Waals surface area contributed by atoms with E-state index >= 15 is 0 Å². The van der Waals surface area contributed by atoms with Crippen molar-refractivity contribution in [2.75, 3.05) is 30.7 Å². The van der Waals surface area contributed by atoms with Crippen LogP contribution in [0.4, 0.5) is 11.4 Å². The summed E-state index contributed by atoms with van der Waals surface area (Å²) in [5.74, 6) is 0.0155. The second-order valence-corrected chi connectivity index (χ2v) is 7.97. The summed E-state index contributed by atoms with van der Waals surface area (Å²) in [7, 11) is 0. The molecular weight excluding hydrogens is 338 g/mol. The van der Waals surface area contributed by atoms with Crippen molar-refractivity contribution in [3.63, 3.8) is 0 Å². The number of nitrogens with two attached hydrogens (primary N) is 1. The molecule has 1 heterocycles. The van der Waals surface area contributed by atoms with Crippen LogP contribution in [0, 0.1) is 0 Å². The number of carbonyl (C=O) groups is 1. The first-order valence-corrected chi connectivity index (χ1v) is 8.40. The SMILES string of the molecule is CC1CN(CC(=O)Nc2ccc(N)cc2Br)CC(C)S1. The van der Waals surface area contributed by atoms with Gasteiger partial charge < -0.3 is 11.1 Å². The van der Waals surface area contributed by atoms with E-state index in [0.717, 1.165) is 23.2 Å². The first-order valence-electron chi connectivity index (χ1n) is 6.66. The molecule has 1 aromatic rings. The smallest absolute Gasteiger partial charge is 0.238 e. The molecule has 4 nitrogen and oxygen atoms in total. The number of rotatable bonds is 3. The number of nitrogen functional groups attached to an aromatic ring is 1. The van der Waals surface area contributed by atoms with Gasteiger partial charge in [0.05, 0.1) is 12.2 Å². The van der Waals surface area contributed by atoms with Gasteiger partial charge in [0.2, 0.25) is 5.91 Å². The number of hydrogen-bond acceptors (Lipinski definition) is 4. The summed E-state index contributed by atoms with van der Waals surface area (Å²) in [6.45, 7) is 6.78. The third-order valence-electron chi connectivity index (χ3n) is 3.13. The van der Waals surface area contributed by atoms with Crippen molar-refractivity contribution in [2.45, 2.75) is 24.3 Å². The highest BCUT2D eigenvalue weighted by Gasteiger charge is 2.23. The summed E-state index contributed by atoms with van der Waals surface area (Å²) in [6.07, 6.45) is 0. The summed E-state index contributed by atoms with van der Waals surface area (Å²) in [4.78, 5) is 14.3. The molecule has 0 aromatic heterocycles. The van der Waals surface area contributed by atoms with E-state index in [1.165, 1.54) is 0 Å². The van der Waals surface area contributed by atoms with Crippen molar-refractivity contribution < 1.29 is 4.79 Å². The summed E-state index contributed by atoms with van der Waals surface area (Å²) < 4.78 is 0.807. The number of nitrogens with one attached hydrogen (secondary N) is 1. The molecule has 0 spiro atoms. The van der Waals surface area contributed by atoms with E-state index in [4.69, 9.17) is 5.73 Å². The van der Waals surface area contributed by atoms with E-state index < -0.39 is 0 Å².